The fraction of sp³-hybridized carbons (Fsp3) is 0.318. The van der Waals surface area contributed by atoms with E-state index in [-0.39, 0.29) is 17.3 Å². The number of ether oxygens (including phenoxy) is 4. The largest absolute Gasteiger partial charge is 0.493 e. The van der Waals surface area contributed by atoms with E-state index in [0.717, 1.165) is 10.0 Å². The molecule has 9 nitrogen and oxygen atoms in total. The molecule has 0 atom stereocenters. The van der Waals surface area contributed by atoms with E-state index in [0.29, 0.717) is 28.9 Å². The number of hydrogen-bond donors (Lipinski definition) is 3. The fourth-order valence-electron chi connectivity index (χ4n) is 2.72. The third-order valence-corrected chi connectivity index (χ3v) is 5.27. The molecule has 0 saturated carbocycles. The van der Waals surface area contributed by atoms with Gasteiger partial charge in [0.05, 0.1) is 25.8 Å². The summed E-state index contributed by atoms with van der Waals surface area (Å²) in [5.74, 6) is 0.880. The van der Waals surface area contributed by atoms with E-state index < -0.39 is 11.8 Å². The monoisotopic (exact) mass is 539 g/mol. The van der Waals surface area contributed by atoms with Crippen LogP contribution < -0.4 is 35.1 Å². The number of rotatable bonds is 8. The Balaban J connectivity index is 1.88. The summed E-state index contributed by atoms with van der Waals surface area (Å²) in [6, 6.07) is 8.64. The fourth-order valence-corrected chi connectivity index (χ4v) is 3.37. The highest BCUT2D eigenvalue weighted by molar-refractivity contribution is 9.10. The molecule has 0 spiro atoms. The van der Waals surface area contributed by atoms with Crippen LogP contribution in [0.2, 0.25) is 0 Å². The van der Waals surface area contributed by atoms with Crippen molar-refractivity contribution in [2.75, 3.05) is 27.9 Å². The summed E-state index contributed by atoms with van der Waals surface area (Å²) in [7, 11) is 4.35. The standard InChI is InChI=1S/C22H26BrN3O6S/c1-12(2)13-6-7-16(15(23)8-13)32-11-19(27)25-26-22(33)24-21(28)14-9-17(29-3)20(31-5)18(10-14)30-4/h6-10,12H,11H2,1-5H3,(H,25,27)(H2,24,26,28,33). The van der Waals surface area contributed by atoms with Crippen LogP contribution in [0.25, 0.3) is 0 Å². The third kappa shape index (κ3) is 7.22. The number of benzene rings is 2. The molecule has 178 valence electrons. The molecule has 0 aliphatic carbocycles. The summed E-state index contributed by atoms with van der Waals surface area (Å²) in [6.07, 6.45) is 0. The average molecular weight is 540 g/mol. The molecule has 0 bridgehead atoms. The first kappa shape index (κ1) is 26.2. The summed E-state index contributed by atoms with van der Waals surface area (Å²) < 4.78 is 22.0. The number of amides is 2. The average Bonchev–Trinajstić information content (AvgIpc) is 2.80. The lowest BCUT2D eigenvalue weighted by Gasteiger charge is -2.15. The molecule has 0 saturated heterocycles. The van der Waals surface area contributed by atoms with Crippen LogP contribution in [0.4, 0.5) is 0 Å². The molecule has 0 heterocycles. The van der Waals surface area contributed by atoms with E-state index in [1.54, 1.807) is 6.07 Å². The van der Waals surface area contributed by atoms with Crippen LogP contribution >= 0.6 is 28.1 Å². The molecule has 0 unspecified atom stereocenters. The van der Waals surface area contributed by atoms with Crippen LogP contribution in [0.15, 0.2) is 34.8 Å². The van der Waals surface area contributed by atoms with Gasteiger partial charge in [-0.2, -0.15) is 0 Å². The quantitative estimate of drug-likeness (QED) is 0.346. The first-order valence-corrected chi connectivity index (χ1v) is 11.0. The minimum Gasteiger partial charge on any atom is -0.493 e. The van der Waals surface area contributed by atoms with Gasteiger partial charge >= 0.3 is 0 Å². The molecule has 2 rings (SSSR count). The molecule has 0 aromatic heterocycles. The molecule has 0 radical (unpaired) electrons. The first-order valence-electron chi connectivity index (χ1n) is 9.82. The van der Waals surface area contributed by atoms with Gasteiger partial charge in [-0.25, -0.2) is 0 Å². The van der Waals surface area contributed by atoms with Crippen molar-refractivity contribution < 1.29 is 28.5 Å². The molecule has 3 N–H and O–H groups in total. The Morgan fingerprint density at radius 3 is 2.12 bits per heavy atom. The SMILES string of the molecule is COc1cc(C(=O)NC(=S)NNC(=O)COc2ccc(C(C)C)cc2Br)cc(OC)c1OC. The van der Waals surface area contributed by atoms with E-state index in [1.165, 1.54) is 33.5 Å². The zero-order chi connectivity index (χ0) is 24.5. The number of carbonyl (C=O) groups is 2. The van der Waals surface area contributed by atoms with E-state index in [1.807, 2.05) is 12.1 Å². The smallest absolute Gasteiger partial charge is 0.276 e. The Hall–Kier alpha value is -3.05. The lowest BCUT2D eigenvalue weighted by Crippen LogP contribution is -2.49. The second kappa shape index (κ2) is 12.3. The van der Waals surface area contributed by atoms with Crippen LogP contribution in [-0.2, 0) is 4.79 Å². The van der Waals surface area contributed by atoms with Gasteiger partial charge in [0, 0.05) is 5.56 Å². The number of nitrogens with one attached hydrogen (secondary N) is 3. The molecule has 33 heavy (non-hydrogen) atoms. The molecule has 2 amide bonds. The van der Waals surface area contributed by atoms with Gasteiger partial charge in [-0.3, -0.25) is 25.8 Å². The topological polar surface area (TPSA) is 107 Å². The van der Waals surface area contributed by atoms with Gasteiger partial charge in [-0.1, -0.05) is 19.9 Å². The summed E-state index contributed by atoms with van der Waals surface area (Å²) >= 11 is 8.50. The van der Waals surface area contributed by atoms with Crippen LogP contribution in [0, 0.1) is 0 Å². The van der Waals surface area contributed by atoms with Crippen LogP contribution in [-0.4, -0.2) is 44.9 Å². The lowest BCUT2D eigenvalue weighted by atomic mass is 10.0. The summed E-state index contributed by atoms with van der Waals surface area (Å²) in [5.41, 5.74) is 6.19. The maximum atomic E-state index is 12.5. The maximum absolute atomic E-state index is 12.5. The Kier molecular flexibility index (Phi) is 9.74. The van der Waals surface area contributed by atoms with E-state index in [2.05, 4.69) is 45.9 Å². The second-order valence-corrected chi connectivity index (χ2v) is 8.27. The molecular weight excluding hydrogens is 514 g/mol. The molecule has 2 aromatic carbocycles. The molecule has 2 aromatic rings. The lowest BCUT2D eigenvalue weighted by molar-refractivity contribution is -0.123. The van der Waals surface area contributed by atoms with Gasteiger partial charge in [0.15, 0.2) is 23.2 Å². The van der Waals surface area contributed by atoms with Crippen molar-refractivity contribution in [3.63, 3.8) is 0 Å². The van der Waals surface area contributed by atoms with Gasteiger partial charge in [-0.05, 0) is 63.9 Å². The first-order chi connectivity index (χ1) is 15.7. The van der Waals surface area contributed by atoms with Crippen molar-refractivity contribution >= 4 is 45.1 Å². The predicted molar refractivity (Wildman–Crippen MR) is 131 cm³/mol. The number of thiocarbonyl (C=S) groups is 1. The molecule has 11 heteroatoms. The van der Waals surface area contributed by atoms with Gasteiger partial charge < -0.3 is 18.9 Å². The highest BCUT2D eigenvalue weighted by Crippen LogP contribution is 2.38. The van der Waals surface area contributed by atoms with Crippen molar-refractivity contribution in [3.05, 3.63) is 45.9 Å². The number of halogens is 1. The zero-order valence-corrected chi connectivity index (χ0v) is 21.3. The third-order valence-electron chi connectivity index (χ3n) is 4.45. The summed E-state index contributed by atoms with van der Waals surface area (Å²) in [4.78, 5) is 24.6. The van der Waals surface area contributed by atoms with Gasteiger partial charge in [0.25, 0.3) is 11.8 Å². The van der Waals surface area contributed by atoms with E-state index in [9.17, 15) is 9.59 Å². The van der Waals surface area contributed by atoms with Gasteiger partial charge in [0.2, 0.25) is 5.75 Å². The minimum atomic E-state index is -0.536. The highest BCUT2D eigenvalue weighted by Gasteiger charge is 2.18. The predicted octanol–water partition coefficient (Wildman–Crippen LogP) is 3.31. The highest BCUT2D eigenvalue weighted by atomic mass is 79.9. The van der Waals surface area contributed by atoms with E-state index in [4.69, 9.17) is 31.2 Å². The maximum Gasteiger partial charge on any atom is 0.276 e. The molecular formula is C22H26BrN3O6S. The van der Waals surface area contributed by atoms with Crippen molar-refractivity contribution in [1.82, 2.24) is 16.2 Å². The van der Waals surface area contributed by atoms with Crippen molar-refractivity contribution in [2.45, 2.75) is 19.8 Å². The number of hydrogen-bond acceptors (Lipinski definition) is 7. The zero-order valence-electron chi connectivity index (χ0n) is 18.9. The molecule has 0 aliphatic heterocycles. The van der Waals surface area contributed by atoms with Crippen LogP contribution in [0.3, 0.4) is 0 Å². The number of carbonyl (C=O) groups excluding carboxylic acids is 2. The summed E-state index contributed by atoms with van der Waals surface area (Å²) in [6.45, 7) is 3.92. The van der Waals surface area contributed by atoms with Crippen LogP contribution in [0.5, 0.6) is 23.0 Å². The van der Waals surface area contributed by atoms with Crippen molar-refractivity contribution in [1.29, 1.82) is 0 Å². The summed E-state index contributed by atoms with van der Waals surface area (Å²) in [5, 5.41) is 2.35. The van der Waals surface area contributed by atoms with Crippen molar-refractivity contribution in [3.8, 4) is 23.0 Å². The Labute approximate surface area is 206 Å². The van der Waals surface area contributed by atoms with Gasteiger partial charge in [-0.15, -0.1) is 0 Å². The normalized spacial score (nSPS) is 10.3. The molecule has 0 fully saturated rings. The Bertz CT molecular complexity index is 1010. The number of hydrazine groups is 1. The Morgan fingerprint density at radius 1 is 0.970 bits per heavy atom. The van der Waals surface area contributed by atoms with Gasteiger partial charge in [0.1, 0.15) is 5.75 Å². The molecule has 0 aliphatic rings. The van der Waals surface area contributed by atoms with E-state index >= 15 is 0 Å². The van der Waals surface area contributed by atoms with Crippen molar-refractivity contribution in [2.24, 2.45) is 0 Å². The minimum absolute atomic E-state index is 0.107. The van der Waals surface area contributed by atoms with Crippen LogP contribution in [0.1, 0.15) is 35.7 Å². The Morgan fingerprint density at radius 2 is 1.61 bits per heavy atom. The second-order valence-electron chi connectivity index (χ2n) is 7.00. The number of methoxy groups -OCH3 is 3.